The number of rotatable bonds is 15. The van der Waals surface area contributed by atoms with Crippen LogP contribution in [-0.4, -0.2) is 121 Å². The second-order valence-corrected chi connectivity index (χ2v) is 18.2. The number of hydrogen-bond acceptors (Lipinski definition) is 12. The molecule has 1 saturated carbocycles. The van der Waals surface area contributed by atoms with Gasteiger partial charge in [0.25, 0.3) is 12.3 Å². The van der Waals surface area contributed by atoms with Gasteiger partial charge in [0.15, 0.2) is 11.3 Å². The van der Waals surface area contributed by atoms with Crippen molar-refractivity contribution in [3.63, 3.8) is 0 Å². The third kappa shape index (κ3) is 9.63. The summed E-state index contributed by atoms with van der Waals surface area (Å²) < 4.78 is 50.7. The van der Waals surface area contributed by atoms with Crippen LogP contribution in [0.1, 0.15) is 106 Å². The summed E-state index contributed by atoms with van der Waals surface area (Å²) in [6, 6.07) is 4.41. The number of hydrogen-bond donors (Lipinski definition) is 5. The lowest BCUT2D eigenvalue weighted by Crippen LogP contribution is -2.48. The Kier molecular flexibility index (Phi) is 13.2. The maximum Gasteiger partial charge on any atom is 0.284 e. The fraction of sp³-hybridized carbons (Fsp3) is 0.556. The highest BCUT2D eigenvalue weighted by atomic mass is 19.3. The third-order valence-electron chi connectivity index (χ3n) is 13.4. The molecule has 5 aromatic heterocycles. The average molecular weight is 902 g/mol. The van der Waals surface area contributed by atoms with E-state index in [0.29, 0.717) is 65.6 Å². The maximum absolute atomic E-state index is 15.4. The number of carbonyl (C=O) groups excluding carboxylic acids is 1. The van der Waals surface area contributed by atoms with Gasteiger partial charge in [0.2, 0.25) is 0 Å². The van der Waals surface area contributed by atoms with Crippen LogP contribution in [0.2, 0.25) is 0 Å². The molecule has 9 rings (SSSR count). The highest BCUT2D eigenvalue weighted by molar-refractivity contribution is 6.08. The summed E-state index contributed by atoms with van der Waals surface area (Å²) in [6.45, 7) is 8.37. The molecule has 1 aliphatic carbocycles. The molecule has 1 amide bonds. The minimum Gasteiger partial charge on any atom is -0.392 e. The second kappa shape index (κ2) is 19.2. The van der Waals surface area contributed by atoms with E-state index in [2.05, 4.69) is 40.9 Å². The number of nitrogens with one attached hydrogen (secondary N) is 2. The van der Waals surface area contributed by atoms with Crippen molar-refractivity contribution in [2.75, 3.05) is 42.9 Å². The molecule has 65 heavy (non-hydrogen) atoms. The molecule has 0 radical (unpaired) electrons. The zero-order valence-electron chi connectivity index (χ0n) is 36.7. The van der Waals surface area contributed by atoms with E-state index in [1.165, 1.54) is 23.0 Å². The number of benzene rings is 1. The number of likely N-dealkylation sites (tertiary alicyclic amines) is 1. The number of amides is 1. The zero-order valence-corrected chi connectivity index (χ0v) is 36.7. The summed E-state index contributed by atoms with van der Waals surface area (Å²) in [5.41, 5.74) is 1.70. The van der Waals surface area contributed by atoms with E-state index in [1.807, 2.05) is 22.7 Å². The van der Waals surface area contributed by atoms with E-state index < -0.39 is 42.6 Å². The molecule has 6 aromatic rings. The van der Waals surface area contributed by atoms with E-state index in [-0.39, 0.29) is 28.8 Å². The number of anilines is 2. The van der Waals surface area contributed by atoms with Gasteiger partial charge in [-0.25, -0.2) is 22.7 Å². The Bertz CT molecular complexity index is 2580. The summed E-state index contributed by atoms with van der Waals surface area (Å²) in [7, 11) is 0. The normalized spacial score (nSPS) is 22.9. The Balaban J connectivity index is 0.769. The lowest BCUT2D eigenvalue weighted by atomic mass is 9.85. The van der Waals surface area contributed by atoms with Crippen molar-refractivity contribution in [3.05, 3.63) is 72.5 Å². The first-order valence-corrected chi connectivity index (χ1v) is 22.9. The summed E-state index contributed by atoms with van der Waals surface area (Å²) in [4.78, 5) is 22.7. The van der Waals surface area contributed by atoms with Crippen LogP contribution in [0.5, 0.6) is 0 Å². The zero-order chi connectivity index (χ0) is 45.4. The number of aromatic nitrogens is 9. The molecule has 0 unspecified atom stereocenters. The monoisotopic (exact) mass is 901 g/mol. The fourth-order valence-corrected chi connectivity index (χ4v) is 10.1. The number of aliphatic hydroxyl groups excluding tert-OH is 3. The largest absolute Gasteiger partial charge is 0.392 e. The van der Waals surface area contributed by atoms with E-state index in [9.17, 15) is 28.9 Å². The van der Waals surface area contributed by atoms with Gasteiger partial charge in [-0.05, 0) is 108 Å². The highest BCUT2D eigenvalue weighted by Gasteiger charge is 2.32. The smallest absolute Gasteiger partial charge is 0.284 e. The first-order valence-electron chi connectivity index (χ1n) is 22.9. The number of nitrogens with zero attached hydrogens (tertiary/aromatic N) is 11. The molecule has 2 aliphatic heterocycles. The highest BCUT2D eigenvalue weighted by Crippen LogP contribution is 2.37. The fourth-order valence-electron chi connectivity index (χ4n) is 10.1. The quantitative estimate of drug-likeness (QED) is 0.0838. The topological polar surface area (TPSA) is 192 Å². The van der Waals surface area contributed by atoms with Crippen LogP contribution in [0.3, 0.4) is 0 Å². The maximum atomic E-state index is 15.4. The van der Waals surface area contributed by atoms with Gasteiger partial charge in [-0.15, -0.1) is 0 Å². The Labute approximate surface area is 374 Å². The minimum absolute atomic E-state index is 0.0350. The molecule has 7 heterocycles. The lowest BCUT2D eigenvalue weighted by molar-refractivity contribution is -0.0296. The summed E-state index contributed by atoms with van der Waals surface area (Å²) in [6.07, 6.45) is 11.9. The molecule has 20 heteroatoms. The van der Waals surface area contributed by atoms with Crippen LogP contribution in [-0.2, 0) is 6.54 Å². The average Bonchev–Trinajstić information content (AvgIpc) is 4.11. The SMILES string of the molecule is CCCN(C[C@@H](C)O)c1ccn2ncc(C(=O)Nc3cn(C4CCC(CN5CCC(Cn6cc(-c7c(F)ccc8c7cnn8[C@@H]7CC[C@@H](O)N[C@@H]7O)cn6)CC5)CC4)nc3C(F)F)c2n1. The van der Waals surface area contributed by atoms with Gasteiger partial charge >= 0.3 is 0 Å². The molecule has 1 aromatic carbocycles. The number of aliphatic hydroxyl groups is 3. The van der Waals surface area contributed by atoms with Crippen LogP contribution in [0, 0.1) is 17.7 Å². The van der Waals surface area contributed by atoms with Crippen LogP contribution < -0.4 is 15.5 Å². The minimum atomic E-state index is -2.88. The van der Waals surface area contributed by atoms with Crippen LogP contribution in [0.25, 0.3) is 27.7 Å². The van der Waals surface area contributed by atoms with E-state index in [4.69, 9.17) is 0 Å². The van der Waals surface area contributed by atoms with Gasteiger partial charge in [0.1, 0.15) is 29.7 Å². The predicted octanol–water partition coefficient (Wildman–Crippen LogP) is 5.77. The van der Waals surface area contributed by atoms with E-state index in [1.54, 1.807) is 47.0 Å². The van der Waals surface area contributed by atoms with E-state index in [0.717, 1.165) is 71.1 Å². The summed E-state index contributed by atoms with van der Waals surface area (Å²) in [5, 5.41) is 54.2. The Morgan fingerprint density at radius 1 is 0.954 bits per heavy atom. The Morgan fingerprint density at radius 3 is 2.48 bits per heavy atom. The first-order chi connectivity index (χ1) is 31.4. The number of fused-ring (bicyclic) bond motifs is 2. The Hall–Kier alpha value is -5.41. The molecule has 5 N–H and O–H groups in total. The number of halogens is 3. The standard InChI is InChI=1S/C45H58F3N13O4/c1-3-15-57(22-27(2)62)38-14-18-59-43(53-38)33(21-50-59)44(64)52-35-26-60(55-41(35)42(47)48)31-6-4-28(5-7-31)23-56-16-12-29(13-17-56)24-58-25-30(19-49-58)40-32-20-51-61(36(32)9-8-34(40)46)37-10-11-39(63)54-45(37)65/h8-9,14,18-21,25-29,31,37,39,42,45,54,62-63,65H,3-7,10-13,15-17,22-24H2,1-2H3,(H,52,64)/t27-,28?,31?,37-,39-,45-/m1/s1. The van der Waals surface area contributed by atoms with Gasteiger partial charge in [0.05, 0.1) is 48.0 Å². The summed E-state index contributed by atoms with van der Waals surface area (Å²) in [5.74, 6) is 0.495. The van der Waals surface area contributed by atoms with Gasteiger partial charge in [0, 0.05) is 61.3 Å². The van der Waals surface area contributed by atoms with Crippen LogP contribution in [0.4, 0.5) is 24.7 Å². The van der Waals surface area contributed by atoms with Gasteiger partial charge in [-0.2, -0.15) is 20.4 Å². The number of carbonyl (C=O) groups is 1. The molecular weight excluding hydrogens is 844 g/mol. The summed E-state index contributed by atoms with van der Waals surface area (Å²) >= 11 is 0. The predicted molar refractivity (Wildman–Crippen MR) is 237 cm³/mol. The molecule has 3 aliphatic rings. The molecule has 0 bridgehead atoms. The molecule has 2 saturated heterocycles. The van der Waals surface area contributed by atoms with Crippen molar-refractivity contribution in [3.8, 4) is 11.1 Å². The molecular formula is C45H58F3N13O4. The Morgan fingerprint density at radius 2 is 1.74 bits per heavy atom. The lowest BCUT2D eigenvalue weighted by Gasteiger charge is -2.36. The van der Waals surface area contributed by atoms with Crippen molar-refractivity contribution >= 4 is 34.0 Å². The molecule has 4 atom stereocenters. The van der Waals surface area contributed by atoms with Gasteiger partial charge in [-0.3, -0.25) is 24.2 Å². The van der Waals surface area contributed by atoms with Crippen molar-refractivity contribution in [1.29, 1.82) is 0 Å². The molecule has 348 valence electrons. The second-order valence-electron chi connectivity index (χ2n) is 18.2. The van der Waals surface area contributed by atoms with Crippen molar-refractivity contribution in [2.24, 2.45) is 11.8 Å². The first kappa shape index (κ1) is 44.8. The van der Waals surface area contributed by atoms with Gasteiger partial charge in [-0.1, -0.05) is 6.92 Å². The number of alkyl halides is 2. The van der Waals surface area contributed by atoms with Crippen LogP contribution in [0.15, 0.2) is 55.4 Å². The molecule has 0 spiro atoms. The third-order valence-corrected chi connectivity index (χ3v) is 13.4. The van der Waals surface area contributed by atoms with Gasteiger partial charge < -0.3 is 30.4 Å². The van der Waals surface area contributed by atoms with E-state index >= 15 is 4.39 Å². The molecule has 3 fully saturated rings. The van der Waals surface area contributed by atoms with Crippen molar-refractivity contribution < 1.29 is 33.3 Å². The number of piperidine rings is 2. The van der Waals surface area contributed by atoms with Crippen LogP contribution >= 0.6 is 0 Å². The van der Waals surface area contributed by atoms with Crippen molar-refractivity contribution in [1.82, 2.24) is 54.2 Å². The molecule has 17 nitrogen and oxygen atoms in total. The van der Waals surface area contributed by atoms with Crippen molar-refractivity contribution in [2.45, 2.75) is 115 Å².